The lowest BCUT2D eigenvalue weighted by Crippen LogP contribution is -1.92. The molecule has 17 heavy (non-hydrogen) atoms. The van der Waals surface area contributed by atoms with Crippen LogP contribution in [0.2, 0.25) is 0 Å². The Bertz CT molecular complexity index is 626. The Labute approximate surface area is 102 Å². The Hall–Kier alpha value is -1.76. The van der Waals surface area contributed by atoms with Crippen LogP contribution in [0, 0.1) is 6.92 Å². The van der Waals surface area contributed by atoms with E-state index in [2.05, 4.69) is 61.0 Å². The van der Waals surface area contributed by atoms with Gasteiger partial charge < -0.3 is 4.57 Å². The molecule has 1 aliphatic carbocycles. The molecule has 0 radical (unpaired) electrons. The molecule has 1 heterocycles. The van der Waals surface area contributed by atoms with E-state index in [0.717, 1.165) is 6.42 Å². The van der Waals surface area contributed by atoms with Crippen LogP contribution in [0.5, 0.6) is 0 Å². The lowest BCUT2D eigenvalue weighted by molar-refractivity contribution is 0.914. The number of benzene rings is 1. The maximum absolute atomic E-state index is 2.36. The molecule has 0 saturated carbocycles. The van der Waals surface area contributed by atoms with Crippen LogP contribution in [-0.2, 0) is 7.05 Å². The van der Waals surface area contributed by atoms with Crippen molar-refractivity contribution in [1.82, 2.24) is 4.57 Å². The van der Waals surface area contributed by atoms with E-state index in [0.29, 0.717) is 0 Å². The zero-order chi connectivity index (χ0) is 11.8. The molecule has 0 N–H and O–H groups in total. The second-order valence-electron chi connectivity index (χ2n) is 4.68. The molecule has 0 amide bonds. The third-order valence-corrected chi connectivity index (χ3v) is 3.68. The second-order valence-corrected chi connectivity index (χ2v) is 4.68. The first-order chi connectivity index (χ1) is 8.29. The van der Waals surface area contributed by atoms with E-state index in [9.17, 15) is 0 Å². The molecule has 86 valence electrons. The summed E-state index contributed by atoms with van der Waals surface area (Å²) in [7, 11) is 2.15. The van der Waals surface area contributed by atoms with Gasteiger partial charge in [0.2, 0.25) is 0 Å². The van der Waals surface area contributed by atoms with Crippen LogP contribution in [0.3, 0.4) is 0 Å². The van der Waals surface area contributed by atoms with Crippen molar-refractivity contribution in [3.05, 3.63) is 53.8 Å². The van der Waals surface area contributed by atoms with Crippen molar-refractivity contribution in [2.24, 2.45) is 7.05 Å². The van der Waals surface area contributed by atoms with Gasteiger partial charge >= 0.3 is 0 Å². The number of fused-ring (bicyclic) bond motifs is 1. The Morgan fingerprint density at radius 1 is 1.12 bits per heavy atom. The lowest BCUT2D eigenvalue weighted by atomic mass is 9.97. The van der Waals surface area contributed by atoms with E-state index in [4.69, 9.17) is 0 Å². The standard InChI is InChI=1S/C16H17N/c1-12-16(13-8-4-3-5-9-13)14-10-6-7-11-15(14)17(12)2/h4,6-11H,3,5H2,1-2H3. The monoisotopic (exact) mass is 223 g/mol. The van der Waals surface area contributed by atoms with E-state index in [1.54, 1.807) is 0 Å². The van der Waals surface area contributed by atoms with Gasteiger partial charge in [0, 0.05) is 29.2 Å². The van der Waals surface area contributed by atoms with Crippen LogP contribution < -0.4 is 0 Å². The van der Waals surface area contributed by atoms with Gasteiger partial charge in [0.05, 0.1) is 0 Å². The highest BCUT2D eigenvalue weighted by atomic mass is 14.9. The van der Waals surface area contributed by atoms with Gasteiger partial charge in [0.15, 0.2) is 0 Å². The third kappa shape index (κ3) is 1.54. The Kier molecular flexibility index (Phi) is 2.40. The molecule has 1 nitrogen and oxygen atoms in total. The molecule has 0 fully saturated rings. The van der Waals surface area contributed by atoms with Crippen LogP contribution in [0.15, 0.2) is 42.5 Å². The summed E-state index contributed by atoms with van der Waals surface area (Å²) in [4.78, 5) is 0. The number of allylic oxidation sites excluding steroid dienone is 4. The molecule has 1 aliphatic rings. The fourth-order valence-electron chi connectivity index (χ4n) is 2.68. The highest BCUT2D eigenvalue weighted by molar-refractivity contribution is 5.97. The first-order valence-electron chi connectivity index (χ1n) is 6.20. The number of para-hydroxylation sites is 1. The molecule has 2 aromatic rings. The number of aromatic nitrogens is 1. The van der Waals surface area contributed by atoms with Crippen molar-refractivity contribution in [3.8, 4) is 0 Å². The van der Waals surface area contributed by atoms with Gasteiger partial charge in [-0.2, -0.15) is 0 Å². The number of hydrogen-bond donors (Lipinski definition) is 0. The third-order valence-electron chi connectivity index (χ3n) is 3.68. The van der Waals surface area contributed by atoms with Crippen LogP contribution in [0.4, 0.5) is 0 Å². The summed E-state index contributed by atoms with van der Waals surface area (Å²) in [5.74, 6) is 0. The quantitative estimate of drug-likeness (QED) is 0.682. The van der Waals surface area contributed by atoms with Gasteiger partial charge in [-0.1, -0.05) is 36.4 Å². The van der Waals surface area contributed by atoms with Gasteiger partial charge in [-0.15, -0.1) is 0 Å². The Morgan fingerprint density at radius 3 is 2.71 bits per heavy atom. The molecule has 0 unspecified atom stereocenters. The van der Waals surface area contributed by atoms with E-state index in [-0.39, 0.29) is 0 Å². The molecule has 0 aliphatic heterocycles. The highest BCUT2D eigenvalue weighted by Gasteiger charge is 2.14. The molecule has 1 aromatic heterocycles. The van der Waals surface area contributed by atoms with Gasteiger partial charge in [-0.3, -0.25) is 0 Å². The molecule has 0 saturated heterocycles. The smallest absolute Gasteiger partial charge is 0.0486 e. The van der Waals surface area contributed by atoms with Crippen molar-refractivity contribution in [2.45, 2.75) is 19.8 Å². The fourth-order valence-corrected chi connectivity index (χ4v) is 2.68. The summed E-state index contributed by atoms with van der Waals surface area (Å²) in [6, 6.07) is 8.65. The largest absolute Gasteiger partial charge is 0.347 e. The fraction of sp³-hybridized carbons (Fsp3) is 0.250. The SMILES string of the molecule is Cc1c(C2=CCCC=C2)c2ccccc2n1C. The summed E-state index contributed by atoms with van der Waals surface area (Å²) in [5, 5.41) is 1.37. The zero-order valence-corrected chi connectivity index (χ0v) is 10.4. The predicted molar refractivity (Wildman–Crippen MR) is 74.0 cm³/mol. The number of hydrogen-bond acceptors (Lipinski definition) is 0. The number of rotatable bonds is 1. The lowest BCUT2D eigenvalue weighted by Gasteiger charge is -2.08. The minimum atomic E-state index is 1.16. The normalized spacial score (nSPS) is 15.3. The second kappa shape index (κ2) is 3.92. The van der Waals surface area contributed by atoms with Crippen molar-refractivity contribution in [1.29, 1.82) is 0 Å². The topological polar surface area (TPSA) is 4.93 Å². The Balaban J connectivity index is 2.32. The Morgan fingerprint density at radius 2 is 1.94 bits per heavy atom. The van der Waals surface area contributed by atoms with Crippen molar-refractivity contribution in [2.75, 3.05) is 0 Å². The molecule has 0 bridgehead atoms. The zero-order valence-electron chi connectivity index (χ0n) is 10.4. The molecule has 1 heteroatoms. The van der Waals surface area contributed by atoms with Gasteiger partial charge in [-0.05, 0) is 31.4 Å². The van der Waals surface area contributed by atoms with Crippen LogP contribution in [0.1, 0.15) is 24.1 Å². The number of nitrogens with zero attached hydrogens (tertiary/aromatic N) is 1. The van der Waals surface area contributed by atoms with Crippen molar-refractivity contribution >= 4 is 16.5 Å². The molecule has 0 atom stereocenters. The molecule has 0 spiro atoms. The molecule has 1 aromatic carbocycles. The average molecular weight is 223 g/mol. The van der Waals surface area contributed by atoms with E-state index >= 15 is 0 Å². The maximum atomic E-state index is 2.36. The molecular weight excluding hydrogens is 206 g/mol. The van der Waals surface area contributed by atoms with Crippen LogP contribution in [-0.4, -0.2) is 4.57 Å². The van der Waals surface area contributed by atoms with Gasteiger partial charge in [0.25, 0.3) is 0 Å². The van der Waals surface area contributed by atoms with Gasteiger partial charge in [0.1, 0.15) is 0 Å². The van der Waals surface area contributed by atoms with Crippen LogP contribution in [0.25, 0.3) is 16.5 Å². The van der Waals surface area contributed by atoms with E-state index in [1.807, 2.05) is 0 Å². The molecule has 3 rings (SSSR count). The van der Waals surface area contributed by atoms with Crippen molar-refractivity contribution < 1.29 is 0 Å². The van der Waals surface area contributed by atoms with Crippen molar-refractivity contribution in [3.63, 3.8) is 0 Å². The predicted octanol–water partition coefficient (Wildman–Crippen LogP) is 4.22. The molecular formula is C16H17N. The summed E-state index contributed by atoms with van der Waals surface area (Å²) >= 11 is 0. The summed E-state index contributed by atoms with van der Waals surface area (Å²) in [6.07, 6.45) is 9.23. The highest BCUT2D eigenvalue weighted by Crippen LogP contribution is 2.32. The minimum Gasteiger partial charge on any atom is -0.347 e. The van der Waals surface area contributed by atoms with E-state index in [1.165, 1.54) is 34.2 Å². The maximum Gasteiger partial charge on any atom is 0.0486 e. The first kappa shape index (κ1) is 10.4. The first-order valence-corrected chi connectivity index (χ1v) is 6.20. The minimum absolute atomic E-state index is 1.16. The summed E-state index contributed by atoms with van der Waals surface area (Å²) in [6.45, 7) is 2.21. The summed E-state index contributed by atoms with van der Waals surface area (Å²) < 4.78 is 2.29. The number of aryl methyl sites for hydroxylation is 1. The van der Waals surface area contributed by atoms with Crippen LogP contribution >= 0.6 is 0 Å². The summed E-state index contributed by atoms with van der Waals surface area (Å²) in [5.41, 5.74) is 5.45. The van der Waals surface area contributed by atoms with E-state index < -0.39 is 0 Å². The average Bonchev–Trinajstić information content (AvgIpc) is 2.64. The van der Waals surface area contributed by atoms with Gasteiger partial charge in [-0.25, -0.2) is 0 Å².